The monoisotopic (exact) mass is 203 g/mol. The lowest BCUT2D eigenvalue weighted by Crippen LogP contribution is -2.17. The first-order chi connectivity index (χ1) is 7.36. The largest absolute Gasteiger partial charge is 0.385 e. The van der Waals surface area contributed by atoms with Crippen molar-refractivity contribution in [2.24, 2.45) is 0 Å². The molecule has 0 fully saturated rings. The molecule has 0 amide bonds. The van der Waals surface area contributed by atoms with Crippen LogP contribution in [0.2, 0.25) is 0 Å². The molecule has 80 valence electrons. The number of hydrogen-bond donors (Lipinski definition) is 2. The van der Waals surface area contributed by atoms with Crippen LogP contribution in [0.1, 0.15) is 18.9 Å². The van der Waals surface area contributed by atoms with Gasteiger partial charge in [0, 0.05) is 12.2 Å². The summed E-state index contributed by atoms with van der Waals surface area (Å²) in [6, 6.07) is 9.63. The summed E-state index contributed by atoms with van der Waals surface area (Å²) in [5.74, 6) is 0. The van der Waals surface area contributed by atoms with E-state index in [1.165, 1.54) is 0 Å². The van der Waals surface area contributed by atoms with Gasteiger partial charge in [-0.05, 0) is 43.8 Å². The normalized spacial score (nSPS) is 9.60. The third-order valence-electron chi connectivity index (χ3n) is 2.12. The molecule has 3 nitrogen and oxygen atoms in total. The highest BCUT2D eigenvalue weighted by Crippen LogP contribution is 2.08. The Morgan fingerprint density at radius 2 is 1.93 bits per heavy atom. The zero-order valence-corrected chi connectivity index (χ0v) is 9.09. The predicted octanol–water partition coefficient (Wildman–Crippen LogP) is 1.97. The number of anilines is 1. The molecule has 0 aliphatic carbocycles. The maximum absolute atomic E-state index is 8.62. The third-order valence-corrected chi connectivity index (χ3v) is 2.12. The number of nitrogens with zero attached hydrogens (tertiary/aromatic N) is 1. The van der Waals surface area contributed by atoms with Gasteiger partial charge in [-0.3, -0.25) is 0 Å². The molecule has 0 aliphatic heterocycles. The lowest BCUT2D eigenvalue weighted by atomic mass is 10.2. The molecule has 0 unspecified atom stereocenters. The molecule has 0 heterocycles. The van der Waals surface area contributed by atoms with Crippen molar-refractivity contribution in [3.63, 3.8) is 0 Å². The molecule has 0 spiro atoms. The van der Waals surface area contributed by atoms with Gasteiger partial charge in [-0.15, -0.1) is 0 Å². The Kier molecular flexibility index (Phi) is 5.28. The number of benzene rings is 1. The first kappa shape index (κ1) is 11.5. The highest BCUT2D eigenvalue weighted by molar-refractivity contribution is 5.46. The van der Waals surface area contributed by atoms with Gasteiger partial charge in [0.05, 0.1) is 11.6 Å². The molecule has 3 heteroatoms. The van der Waals surface area contributed by atoms with Crippen molar-refractivity contribution < 1.29 is 0 Å². The van der Waals surface area contributed by atoms with Crippen molar-refractivity contribution in [3.8, 4) is 6.07 Å². The molecule has 1 aromatic carbocycles. The van der Waals surface area contributed by atoms with E-state index in [0.29, 0.717) is 5.56 Å². The van der Waals surface area contributed by atoms with Crippen molar-refractivity contribution >= 4 is 5.69 Å². The minimum atomic E-state index is 0.702. The van der Waals surface area contributed by atoms with Crippen molar-refractivity contribution in [3.05, 3.63) is 29.8 Å². The van der Waals surface area contributed by atoms with E-state index in [0.717, 1.165) is 31.7 Å². The molecule has 2 N–H and O–H groups in total. The fraction of sp³-hybridized carbons (Fsp3) is 0.417. The molecule has 0 bridgehead atoms. The molecule has 15 heavy (non-hydrogen) atoms. The smallest absolute Gasteiger partial charge is 0.0991 e. The predicted molar refractivity (Wildman–Crippen MR) is 62.8 cm³/mol. The summed E-state index contributed by atoms with van der Waals surface area (Å²) in [6.45, 7) is 5.13. The van der Waals surface area contributed by atoms with E-state index in [4.69, 9.17) is 5.26 Å². The van der Waals surface area contributed by atoms with Crippen LogP contribution in [-0.2, 0) is 0 Å². The van der Waals surface area contributed by atoms with Crippen LogP contribution in [0, 0.1) is 11.3 Å². The second-order valence-corrected chi connectivity index (χ2v) is 3.32. The van der Waals surface area contributed by atoms with Crippen molar-refractivity contribution in [1.82, 2.24) is 5.32 Å². The van der Waals surface area contributed by atoms with E-state index < -0.39 is 0 Å². The summed E-state index contributed by atoms with van der Waals surface area (Å²) in [4.78, 5) is 0. The summed E-state index contributed by atoms with van der Waals surface area (Å²) in [7, 11) is 0. The van der Waals surface area contributed by atoms with E-state index in [2.05, 4.69) is 23.6 Å². The highest BCUT2D eigenvalue weighted by Gasteiger charge is 1.92. The van der Waals surface area contributed by atoms with Crippen LogP contribution in [0.15, 0.2) is 24.3 Å². The fourth-order valence-electron chi connectivity index (χ4n) is 1.29. The van der Waals surface area contributed by atoms with Crippen LogP contribution in [0.4, 0.5) is 5.69 Å². The Balaban J connectivity index is 2.23. The van der Waals surface area contributed by atoms with Crippen LogP contribution in [0.25, 0.3) is 0 Å². The SMILES string of the molecule is CCNCCCNc1ccc(C#N)cc1. The Bertz CT molecular complexity index is 311. The van der Waals surface area contributed by atoms with E-state index in [-0.39, 0.29) is 0 Å². The minimum Gasteiger partial charge on any atom is -0.385 e. The third kappa shape index (κ3) is 4.48. The van der Waals surface area contributed by atoms with Crippen molar-refractivity contribution in [2.45, 2.75) is 13.3 Å². The summed E-state index contributed by atoms with van der Waals surface area (Å²) in [5.41, 5.74) is 1.78. The van der Waals surface area contributed by atoms with Gasteiger partial charge >= 0.3 is 0 Å². The molecule has 0 saturated carbocycles. The fourth-order valence-corrected chi connectivity index (χ4v) is 1.29. The van der Waals surface area contributed by atoms with Gasteiger partial charge in [0.15, 0.2) is 0 Å². The van der Waals surface area contributed by atoms with E-state index >= 15 is 0 Å². The summed E-state index contributed by atoms with van der Waals surface area (Å²) in [5, 5.41) is 15.2. The Hall–Kier alpha value is -1.53. The molecular weight excluding hydrogens is 186 g/mol. The summed E-state index contributed by atoms with van der Waals surface area (Å²) >= 11 is 0. The van der Waals surface area contributed by atoms with Crippen molar-refractivity contribution in [1.29, 1.82) is 5.26 Å². The van der Waals surface area contributed by atoms with Crippen LogP contribution in [0.3, 0.4) is 0 Å². The van der Waals surface area contributed by atoms with Crippen LogP contribution >= 0.6 is 0 Å². The first-order valence-corrected chi connectivity index (χ1v) is 5.31. The lowest BCUT2D eigenvalue weighted by Gasteiger charge is -2.06. The second-order valence-electron chi connectivity index (χ2n) is 3.32. The molecule has 0 aliphatic rings. The lowest BCUT2D eigenvalue weighted by molar-refractivity contribution is 0.689. The first-order valence-electron chi connectivity index (χ1n) is 5.31. The van der Waals surface area contributed by atoms with Gasteiger partial charge in [0.1, 0.15) is 0 Å². The Labute approximate surface area is 91.1 Å². The van der Waals surface area contributed by atoms with Crippen molar-refractivity contribution in [2.75, 3.05) is 25.0 Å². The van der Waals surface area contributed by atoms with Gasteiger partial charge in [-0.1, -0.05) is 6.92 Å². The van der Waals surface area contributed by atoms with Crippen LogP contribution in [0.5, 0.6) is 0 Å². The maximum atomic E-state index is 8.62. The molecular formula is C12H17N3. The molecule has 1 rings (SSSR count). The quantitative estimate of drug-likeness (QED) is 0.695. The average molecular weight is 203 g/mol. The summed E-state index contributed by atoms with van der Waals surface area (Å²) < 4.78 is 0. The number of nitriles is 1. The second kappa shape index (κ2) is 6.86. The Morgan fingerprint density at radius 1 is 1.20 bits per heavy atom. The number of rotatable bonds is 6. The zero-order valence-electron chi connectivity index (χ0n) is 9.09. The van der Waals surface area contributed by atoms with Gasteiger partial charge in [0.2, 0.25) is 0 Å². The maximum Gasteiger partial charge on any atom is 0.0991 e. The molecule has 0 saturated heterocycles. The van der Waals surface area contributed by atoms with Gasteiger partial charge in [-0.25, -0.2) is 0 Å². The topological polar surface area (TPSA) is 47.8 Å². The van der Waals surface area contributed by atoms with E-state index in [9.17, 15) is 0 Å². The molecule has 0 aromatic heterocycles. The summed E-state index contributed by atoms with van der Waals surface area (Å²) in [6.07, 6.45) is 1.11. The standard InChI is InChI=1S/C12H17N3/c1-2-14-8-3-9-15-12-6-4-11(10-13)5-7-12/h4-7,14-15H,2-3,8-9H2,1H3. The van der Waals surface area contributed by atoms with E-state index in [1.807, 2.05) is 24.3 Å². The Morgan fingerprint density at radius 3 is 2.53 bits per heavy atom. The number of nitrogens with one attached hydrogen (secondary N) is 2. The van der Waals surface area contributed by atoms with E-state index in [1.54, 1.807) is 0 Å². The van der Waals surface area contributed by atoms with Crippen LogP contribution < -0.4 is 10.6 Å². The van der Waals surface area contributed by atoms with Gasteiger partial charge < -0.3 is 10.6 Å². The zero-order chi connectivity index (χ0) is 10.9. The molecule has 1 aromatic rings. The molecule has 0 atom stereocenters. The van der Waals surface area contributed by atoms with Gasteiger partial charge in [0.25, 0.3) is 0 Å². The number of hydrogen-bond acceptors (Lipinski definition) is 3. The average Bonchev–Trinajstić information content (AvgIpc) is 2.30. The highest BCUT2D eigenvalue weighted by atomic mass is 14.9. The molecule has 0 radical (unpaired) electrons. The minimum absolute atomic E-state index is 0.702. The van der Waals surface area contributed by atoms with Crippen LogP contribution in [-0.4, -0.2) is 19.6 Å². The van der Waals surface area contributed by atoms with Gasteiger partial charge in [-0.2, -0.15) is 5.26 Å².